The lowest BCUT2D eigenvalue weighted by Crippen LogP contribution is -2.52. The monoisotopic (exact) mass is 428 g/mol. The minimum Gasteiger partial charge on any atom is -0.357 e. The van der Waals surface area contributed by atoms with E-state index < -0.39 is 0 Å². The first-order chi connectivity index (χ1) is 14.4. The Morgan fingerprint density at radius 3 is 2.97 bits per heavy atom. The van der Waals surface area contributed by atoms with Crippen molar-refractivity contribution in [3.8, 4) is 0 Å². The first-order valence-corrected chi connectivity index (χ1v) is 10.3. The topological polar surface area (TPSA) is 86.3 Å². The van der Waals surface area contributed by atoms with Crippen LogP contribution in [0, 0.1) is 0 Å². The number of amides is 3. The van der Waals surface area contributed by atoms with E-state index in [1.165, 1.54) is 0 Å². The molecule has 9 heteroatoms. The third-order valence-corrected chi connectivity index (χ3v) is 5.81. The van der Waals surface area contributed by atoms with Crippen molar-refractivity contribution in [2.45, 2.75) is 25.4 Å². The maximum atomic E-state index is 12.7. The summed E-state index contributed by atoms with van der Waals surface area (Å²) < 4.78 is 1.62. The van der Waals surface area contributed by atoms with Crippen LogP contribution in [0.3, 0.4) is 0 Å². The number of likely N-dealkylation sites (N-methyl/N-ethyl adjacent to an activating group) is 1. The van der Waals surface area contributed by atoms with Crippen molar-refractivity contribution >= 4 is 34.4 Å². The highest BCUT2D eigenvalue weighted by molar-refractivity contribution is 6.31. The van der Waals surface area contributed by atoms with Gasteiger partial charge in [-0.05, 0) is 37.1 Å². The van der Waals surface area contributed by atoms with Crippen molar-refractivity contribution < 1.29 is 9.59 Å². The molecule has 1 saturated heterocycles. The number of aromatic nitrogens is 3. The second-order valence-corrected chi connectivity index (χ2v) is 8.18. The Balaban J connectivity index is 1.35. The molecule has 3 amide bonds. The van der Waals surface area contributed by atoms with Crippen LogP contribution >= 0.6 is 11.6 Å². The molecule has 0 aliphatic carbocycles. The largest absolute Gasteiger partial charge is 0.357 e. The lowest BCUT2D eigenvalue weighted by molar-refractivity contribution is 0.0636. The van der Waals surface area contributed by atoms with E-state index >= 15 is 0 Å². The van der Waals surface area contributed by atoms with Gasteiger partial charge in [0.25, 0.3) is 5.91 Å². The maximum Gasteiger partial charge on any atom is 0.317 e. The van der Waals surface area contributed by atoms with Crippen molar-refractivity contribution in [3.63, 3.8) is 0 Å². The lowest BCUT2D eigenvalue weighted by atomic mass is 10.0. The highest BCUT2D eigenvalue weighted by atomic mass is 35.5. The van der Waals surface area contributed by atoms with Crippen LogP contribution in [-0.2, 0) is 13.6 Å². The molecule has 0 saturated carbocycles. The summed E-state index contributed by atoms with van der Waals surface area (Å²) in [5, 5.41) is 8.72. The number of nitrogens with zero attached hydrogens (tertiary/aromatic N) is 4. The number of carbonyl (C=O) groups is 2. The van der Waals surface area contributed by atoms with Crippen molar-refractivity contribution in [1.82, 2.24) is 29.9 Å². The number of nitrogens with one attached hydrogen (secondary N) is 2. The maximum absolute atomic E-state index is 12.7. The van der Waals surface area contributed by atoms with Gasteiger partial charge >= 0.3 is 6.03 Å². The molecule has 1 aliphatic heterocycles. The van der Waals surface area contributed by atoms with Gasteiger partial charge in [0.2, 0.25) is 0 Å². The Labute approximate surface area is 179 Å². The van der Waals surface area contributed by atoms with Crippen molar-refractivity contribution in [2.24, 2.45) is 7.05 Å². The van der Waals surface area contributed by atoms with E-state index in [0.717, 1.165) is 29.4 Å². The number of H-pyrrole nitrogens is 1. The molecule has 2 aromatic heterocycles. The summed E-state index contributed by atoms with van der Waals surface area (Å²) in [6, 6.07) is 7.44. The molecular weight excluding hydrogens is 404 g/mol. The third-order valence-electron chi connectivity index (χ3n) is 5.57. The molecule has 4 rings (SSSR count). The summed E-state index contributed by atoms with van der Waals surface area (Å²) >= 11 is 6.03. The van der Waals surface area contributed by atoms with Crippen LogP contribution in [0.2, 0.25) is 5.02 Å². The van der Waals surface area contributed by atoms with Gasteiger partial charge < -0.3 is 20.1 Å². The number of aromatic amines is 1. The van der Waals surface area contributed by atoms with Gasteiger partial charge in [0, 0.05) is 55.0 Å². The molecule has 1 fully saturated rings. The van der Waals surface area contributed by atoms with E-state index in [1.54, 1.807) is 41.0 Å². The van der Waals surface area contributed by atoms with Gasteiger partial charge in [-0.3, -0.25) is 9.48 Å². The highest BCUT2D eigenvalue weighted by Gasteiger charge is 2.29. The number of benzene rings is 1. The molecule has 1 aliphatic rings. The van der Waals surface area contributed by atoms with Crippen molar-refractivity contribution in [3.05, 3.63) is 52.9 Å². The SMILES string of the molecule is CN(C(=O)NCc1cc2cc(Cl)ccc2[nH]1)C1CCCN(C(=O)c2cnn(C)c2)C1. The summed E-state index contributed by atoms with van der Waals surface area (Å²) in [4.78, 5) is 32.2. The van der Waals surface area contributed by atoms with Gasteiger partial charge in [0.05, 0.1) is 24.3 Å². The molecule has 1 atom stereocenters. The predicted octanol–water partition coefficient (Wildman–Crippen LogP) is 3.00. The number of hydrogen-bond donors (Lipinski definition) is 2. The predicted molar refractivity (Wildman–Crippen MR) is 115 cm³/mol. The van der Waals surface area contributed by atoms with E-state index in [9.17, 15) is 9.59 Å². The van der Waals surface area contributed by atoms with E-state index in [1.807, 2.05) is 24.3 Å². The third kappa shape index (κ3) is 4.28. The Bertz CT molecular complexity index is 1070. The summed E-state index contributed by atoms with van der Waals surface area (Å²) in [6.07, 6.45) is 5.02. The molecule has 3 aromatic rings. The van der Waals surface area contributed by atoms with E-state index in [4.69, 9.17) is 11.6 Å². The fraction of sp³-hybridized carbons (Fsp3) is 0.381. The quantitative estimate of drug-likeness (QED) is 0.669. The van der Waals surface area contributed by atoms with Crippen LogP contribution in [0.4, 0.5) is 4.79 Å². The Morgan fingerprint density at radius 1 is 1.37 bits per heavy atom. The molecule has 0 spiro atoms. The average molecular weight is 429 g/mol. The number of aryl methyl sites for hydroxylation is 1. The summed E-state index contributed by atoms with van der Waals surface area (Å²) in [5.74, 6) is -0.0432. The first kappa shape index (κ1) is 20.3. The number of hydrogen-bond acceptors (Lipinski definition) is 3. The molecule has 1 aromatic carbocycles. The van der Waals surface area contributed by atoms with Gasteiger partial charge in [0.1, 0.15) is 0 Å². The number of likely N-dealkylation sites (tertiary alicyclic amines) is 1. The molecule has 30 heavy (non-hydrogen) atoms. The molecule has 1 unspecified atom stereocenters. The first-order valence-electron chi connectivity index (χ1n) is 9.96. The van der Waals surface area contributed by atoms with E-state index in [0.29, 0.717) is 30.2 Å². The minimum absolute atomic E-state index is 0.0270. The molecular formula is C21H25ClN6O2. The molecule has 2 N–H and O–H groups in total. The average Bonchev–Trinajstić information content (AvgIpc) is 3.36. The molecule has 158 valence electrons. The number of carbonyl (C=O) groups excluding carboxylic acids is 2. The number of rotatable bonds is 4. The van der Waals surface area contributed by atoms with E-state index in [-0.39, 0.29) is 18.0 Å². The van der Waals surface area contributed by atoms with Gasteiger partial charge in [0.15, 0.2) is 0 Å². The Kier molecular flexibility index (Phi) is 5.67. The van der Waals surface area contributed by atoms with Crippen LogP contribution in [0.5, 0.6) is 0 Å². The van der Waals surface area contributed by atoms with Crippen LogP contribution in [-0.4, -0.2) is 62.7 Å². The fourth-order valence-corrected chi connectivity index (χ4v) is 4.07. The number of halogens is 1. The Hall–Kier alpha value is -3.00. The second-order valence-electron chi connectivity index (χ2n) is 7.75. The van der Waals surface area contributed by atoms with Crippen molar-refractivity contribution in [2.75, 3.05) is 20.1 Å². The number of fused-ring (bicyclic) bond motifs is 1. The van der Waals surface area contributed by atoms with Gasteiger partial charge in [-0.15, -0.1) is 0 Å². The zero-order valence-electron chi connectivity index (χ0n) is 17.1. The molecule has 0 bridgehead atoms. The summed E-state index contributed by atoms with van der Waals surface area (Å²) in [6.45, 7) is 1.60. The zero-order chi connectivity index (χ0) is 21.3. The van der Waals surface area contributed by atoms with Crippen LogP contribution in [0.25, 0.3) is 10.9 Å². The zero-order valence-corrected chi connectivity index (χ0v) is 17.8. The smallest absolute Gasteiger partial charge is 0.317 e. The van der Waals surface area contributed by atoms with Crippen molar-refractivity contribution in [1.29, 1.82) is 0 Å². The van der Waals surface area contributed by atoms with Crippen LogP contribution in [0.1, 0.15) is 28.9 Å². The van der Waals surface area contributed by atoms with E-state index in [2.05, 4.69) is 15.4 Å². The van der Waals surface area contributed by atoms with Gasteiger partial charge in [-0.2, -0.15) is 5.10 Å². The van der Waals surface area contributed by atoms with Crippen LogP contribution in [0.15, 0.2) is 36.7 Å². The van der Waals surface area contributed by atoms with Gasteiger partial charge in [-0.1, -0.05) is 11.6 Å². The molecule has 8 nitrogen and oxygen atoms in total. The second kappa shape index (κ2) is 8.39. The summed E-state index contributed by atoms with van der Waals surface area (Å²) in [5.41, 5.74) is 2.46. The molecule has 3 heterocycles. The minimum atomic E-state index is -0.160. The molecule has 0 radical (unpaired) electrons. The Morgan fingerprint density at radius 2 is 2.20 bits per heavy atom. The fourth-order valence-electron chi connectivity index (χ4n) is 3.89. The van der Waals surface area contributed by atoms with Gasteiger partial charge in [-0.25, -0.2) is 4.79 Å². The normalized spacial score (nSPS) is 16.6. The summed E-state index contributed by atoms with van der Waals surface area (Å²) in [7, 11) is 3.57. The van der Waals surface area contributed by atoms with Crippen LogP contribution < -0.4 is 5.32 Å². The lowest BCUT2D eigenvalue weighted by Gasteiger charge is -2.37. The highest BCUT2D eigenvalue weighted by Crippen LogP contribution is 2.20. The standard InChI is InChI=1S/C21H25ClN6O2/c1-26-12-15(10-24-26)20(29)28-7-3-4-18(13-28)27(2)21(30)23-11-17-9-14-8-16(22)5-6-19(14)25-17/h5-6,8-10,12,18,25H,3-4,7,11,13H2,1-2H3,(H,23,30). The number of piperidine rings is 1. The number of urea groups is 1.